The number of hydrogen-bond donors (Lipinski definition) is 2. The van der Waals surface area contributed by atoms with Crippen molar-refractivity contribution in [3.05, 3.63) is 53.6 Å². The van der Waals surface area contributed by atoms with Gasteiger partial charge in [-0.05, 0) is 56.7 Å². The van der Waals surface area contributed by atoms with Crippen LogP contribution in [-0.4, -0.2) is 12.6 Å². The highest BCUT2D eigenvalue weighted by atomic mass is 16.5. The van der Waals surface area contributed by atoms with E-state index in [1.807, 2.05) is 50.2 Å². The molecule has 4 nitrogen and oxygen atoms in total. The van der Waals surface area contributed by atoms with Gasteiger partial charge in [0.15, 0.2) is 0 Å². The van der Waals surface area contributed by atoms with E-state index in [0.717, 1.165) is 22.7 Å². The Labute approximate surface area is 125 Å². The fourth-order valence-electron chi connectivity index (χ4n) is 1.98. The minimum Gasteiger partial charge on any atom is -0.457 e. The average molecular weight is 284 g/mol. The highest BCUT2D eigenvalue weighted by Gasteiger charge is 2.03. The summed E-state index contributed by atoms with van der Waals surface area (Å²) in [6.45, 7) is 6.55. The number of carbonyl (C=O) groups excluding carboxylic acids is 1. The summed E-state index contributed by atoms with van der Waals surface area (Å²) in [4.78, 5) is 11.4. The summed E-state index contributed by atoms with van der Waals surface area (Å²) in [6.07, 6.45) is 0. The van der Waals surface area contributed by atoms with Crippen molar-refractivity contribution in [2.45, 2.75) is 20.8 Å². The van der Waals surface area contributed by atoms with E-state index in [1.165, 1.54) is 5.56 Å². The average Bonchev–Trinajstić information content (AvgIpc) is 2.44. The minimum atomic E-state index is -0.208. The molecule has 21 heavy (non-hydrogen) atoms. The molecule has 0 atom stereocenters. The van der Waals surface area contributed by atoms with Gasteiger partial charge in [-0.1, -0.05) is 17.7 Å². The van der Waals surface area contributed by atoms with E-state index in [9.17, 15) is 4.79 Å². The molecule has 0 aromatic heterocycles. The van der Waals surface area contributed by atoms with Crippen LogP contribution in [0.15, 0.2) is 42.5 Å². The van der Waals surface area contributed by atoms with Crippen molar-refractivity contribution in [3.8, 4) is 11.5 Å². The highest BCUT2D eigenvalue weighted by Crippen LogP contribution is 2.26. The number of carbonyl (C=O) groups is 1. The largest absolute Gasteiger partial charge is 0.457 e. The van der Waals surface area contributed by atoms with Crippen LogP contribution in [0.2, 0.25) is 0 Å². The Balaban J connectivity index is 2.03. The van der Waals surface area contributed by atoms with Crippen molar-refractivity contribution in [2.24, 2.45) is 0 Å². The maximum absolute atomic E-state index is 11.4. The van der Waals surface area contributed by atoms with Crippen molar-refractivity contribution in [2.75, 3.05) is 11.9 Å². The molecule has 0 bridgehead atoms. The molecule has 0 radical (unpaired) electrons. The van der Waals surface area contributed by atoms with Crippen LogP contribution in [-0.2, 0) is 0 Å². The molecule has 2 aromatic carbocycles. The summed E-state index contributed by atoms with van der Waals surface area (Å²) >= 11 is 0. The maximum Gasteiger partial charge on any atom is 0.319 e. The number of ether oxygens (including phenoxy) is 1. The van der Waals surface area contributed by atoms with Crippen LogP contribution in [0.1, 0.15) is 18.1 Å². The van der Waals surface area contributed by atoms with Crippen LogP contribution < -0.4 is 15.4 Å². The SMILES string of the molecule is CCNC(=O)Nc1ccc(Oc2ccc(C)cc2C)cc1. The zero-order valence-corrected chi connectivity index (χ0v) is 12.6. The van der Waals surface area contributed by atoms with Crippen LogP contribution >= 0.6 is 0 Å². The normalized spacial score (nSPS) is 10.0. The Morgan fingerprint density at radius 1 is 1.10 bits per heavy atom. The number of hydrogen-bond acceptors (Lipinski definition) is 2. The van der Waals surface area contributed by atoms with Gasteiger partial charge >= 0.3 is 6.03 Å². The third kappa shape index (κ3) is 4.24. The molecule has 0 unspecified atom stereocenters. The fraction of sp³-hybridized carbons (Fsp3) is 0.235. The first-order valence-electron chi connectivity index (χ1n) is 6.98. The molecule has 0 aliphatic carbocycles. The first-order valence-corrected chi connectivity index (χ1v) is 6.98. The predicted molar refractivity (Wildman–Crippen MR) is 85.1 cm³/mol. The van der Waals surface area contributed by atoms with Gasteiger partial charge in [0.1, 0.15) is 11.5 Å². The van der Waals surface area contributed by atoms with E-state index in [1.54, 1.807) is 0 Å². The van der Waals surface area contributed by atoms with Gasteiger partial charge in [0.25, 0.3) is 0 Å². The molecule has 2 amide bonds. The van der Waals surface area contributed by atoms with Crippen LogP contribution in [0.4, 0.5) is 10.5 Å². The lowest BCUT2D eigenvalue weighted by Gasteiger charge is -2.10. The maximum atomic E-state index is 11.4. The lowest BCUT2D eigenvalue weighted by Crippen LogP contribution is -2.28. The summed E-state index contributed by atoms with van der Waals surface area (Å²) in [7, 11) is 0. The van der Waals surface area contributed by atoms with E-state index < -0.39 is 0 Å². The van der Waals surface area contributed by atoms with Crippen LogP contribution in [0.25, 0.3) is 0 Å². The first-order chi connectivity index (χ1) is 10.1. The van der Waals surface area contributed by atoms with Crippen molar-refractivity contribution >= 4 is 11.7 Å². The molecule has 0 saturated heterocycles. The molecular formula is C17H20N2O2. The highest BCUT2D eigenvalue weighted by molar-refractivity contribution is 5.89. The quantitative estimate of drug-likeness (QED) is 0.882. The number of aryl methyl sites for hydroxylation is 2. The summed E-state index contributed by atoms with van der Waals surface area (Å²) in [5.41, 5.74) is 3.04. The molecule has 4 heteroatoms. The van der Waals surface area contributed by atoms with Crippen molar-refractivity contribution in [1.82, 2.24) is 5.32 Å². The molecule has 0 spiro atoms. The van der Waals surface area contributed by atoms with Gasteiger partial charge in [0.05, 0.1) is 0 Å². The summed E-state index contributed by atoms with van der Waals surface area (Å²) < 4.78 is 5.84. The van der Waals surface area contributed by atoms with E-state index >= 15 is 0 Å². The Bertz CT molecular complexity index is 621. The zero-order valence-electron chi connectivity index (χ0n) is 12.6. The third-order valence-electron chi connectivity index (χ3n) is 3.01. The number of benzene rings is 2. The second-order valence-electron chi connectivity index (χ2n) is 4.88. The molecule has 0 saturated carbocycles. The fourth-order valence-corrected chi connectivity index (χ4v) is 1.98. The van der Waals surface area contributed by atoms with Crippen molar-refractivity contribution in [1.29, 1.82) is 0 Å². The zero-order chi connectivity index (χ0) is 15.2. The van der Waals surface area contributed by atoms with Crippen LogP contribution in [0.3, 0.4) is 0 Å². The van der Waals surface area contributed by atoms with Crippen molar-refractivity contribution < 1.29 is 9.53 Å². The Hall–Kier alpha value is -2.49. The molecule has 0 aliphatic rings. The monoisotopic (exact) mass is 284 g/mol. The minimum absolute atomic E-state index is 0.208. The number of rotatable bonds is 4. The first kappa shape index (κ1) is 14.9. The predicted octanol–water partition coefficient (Wildman–Crippen LogP) is 4.24. The lowest BCUT2D eigenvalue weighted by molar-refractivity contribution is 0.252. The summed E-state index contributed by atoms with van der Waals surface area (Å²) in [5, 5.41) is 5.43. The van der Waals surface area contributed by atoms with E-state index in [-0.39, 0.29) is 6.03 Å². The van der Waals surface area contributed by atoms with Gasteiger partial charge in [0, 0.05) is 12.2 Å². The smallest absolute Gasteiger partial charge is 0.319 e. The van der Waals surface area contributed by atoms with E-state index in [2.05, 4.69) is 23.6 Å². The molecular weight excluding hydrogens is 264 g/mol. The Morgan fingerprint density at radius 2 is 1.81 bits per heavy atom. The molecule has 2 rings (SSSR count). The van der Waals surface area contributed by atoms with Gasteiger partial charge in [-0.3, -0.25) is 0 Å². The van der Waals surface area contributed by atoms with E-state index in [4.69, 9.17) is 4.74 Å². The van der Waals surface area contributed by atoms with Gasteiger partial charge in [-0.2, -0.15) is 0 Å². The molecule has 0 aliphatic heterocycles. The Kier molecular flexibility index (Phi) is 4.82. The van der Waals surface area contributed by atoms with Gasteiger partial charge in [-0.25, -0.2) is 4.79 Å². The van der Waals surface area contributed by atoms with Crippen LogP contribution in [0.5, 0.6) is 11.5 Å². The summed E-state index contributed by atoms with van der Waals surface area (Å²) in [5.74, 6) is 1.58. The van der Waals surface area contributed by atoms with Crippen molar-refractivity contribution in [3.63, 3.8) is 0 Å². The van der Waals surface area contributed by atoms with E-state index in [0.29, 0.717) is 6.54 Å². The molecule has 2 N–H and O–H groups in total. The number of anilines is 1. The van der Waals surface area contributed by atoms with Gasteiger partial charge < -0.3 is 15.4 Å². The number of urea groups is 1. The molecule has 2 aromatic rings. The van der Waals surface area contributed by atoms with Gasteiger partial charge in [0.2, 0.25) is 0 Å². The molecule has 110 valence electrons. The third-order valence-corrected chi connectivity index (χ3v) is 3.01. The molecule has 0 heterocycles. The number of amides is 2. The van der Waals surface area contributed by atoms with Gasteiger partial charge in [-0.15, -0.1) is 0 Å². The second kappa shape index (κ2) is 6.79. The Morgan fingerprint density at radius 3 is 2.43 bits per heavy atom. The topological polar surface area (TPSA) is 50.4 Å². The lowest BCUT2D eigenvalue weighted by atomic mass is 10.1. The molecule has 0 fully saturated rings. The summed E-state index contributed by atoms with van der Waals surface area (Å²) in [6, 6.07) is 13.2. The number of nitrogens with one attached hydrogen (secondary N) is 2. The van der Waals surface area contributed by atoms with Crippen LogP contribution in [0, 0.1) is 13.8 Å². The standard InChI is InChI=1S/C17H20N2O2/c1-4-18-17(20)19-14-6-8-15(9-7-14)21-16-10-5-12(2)11-13(16)3/h5-11H,4H2,1-3H3,(H2,18,19,20). The second-order valence-corrected chi connectivity index (χ2v) is 4.88.